The zero-order valence-corrected chi connectivity index (χ0v) is 10.2. The number of thiol groups is 1. The molecule has 0 aliphatic rings. The van der Waals surface area contributed by atoms with E-state index in [-0.39, 0.29) is 0 Å². The maximum Gasteiger partial charge on any atom is 0.168 e. The molecule has 0 spiro atoms. The van der Waals surface area contributed by atoms with Crippen molar-refractivity contribution < 1.29 is 8.42 Å². The van der Waals surface area contributed by atoms with Crippen LogP contribution in [0.1, 0.15) is 32.3 Å². The minimum absolute atomic E-state index is 0.483. The molecule has 0 atom stereocenters. The van der Waals surface area contributed by atoms with Gasteiger partial charge in [-0.1, -0.05) is 38.5 Å². The molecule has 0 saturated carbocycles. The molecule has 0 bridgehead atoms. The van der Waals surface area contributed by atoms with Crippen molar-refractivity contribution in [1.29, 1.82) is 0 Å². The zero-order chi connectivity index (χ0) is 11.3. The van der Waals surface area contributed by atoms with Gasteiger partial charge in [0.1, 0.15) is 0 Å². The topological polar surface area (TPSA) is 34.1 Å². The lowest BCUT2D eigenvalue weighted by molar-refractivity contribution is 0.553. The number of benzene rings is 1. The van der Waals surface area contributed by atoms with Crippen molar-refractivity contribution >= 4 is 10.7 Å². The largest absolute Gasteiger partial charge is 0.227 e. The van der Waals surface area contributed by atoms with E-state index >= 15 is 0 Å². The summed E-state index contributed by atoms with van der Waals surface area (Å²) >= 11 is 0. The number of rotatable bonds is 5. The van der Waals surface area contributed by atoms with E-state index in [4.69, 9.17) is 0 Å². The third kappa shape index (κ3) is 4.04. The van der Waals surface area contributed by atoms with E-state index in [2.05, 4.69) is 13.8 Å². The Balaban J connectivity index is 2.68. The van der Waals surface area contributed by atoms with Crippen molar-refractivity contribution in [2.75, 3.05) is 0 Å². The van der Waals surface area contributed by atoms with Crippen molar-refractivity contribution in [3.63, 3.8) is 0 Å². The van der Waals surface area contributed by atoms with Gasteiger partial charge in [0.25, 0.3) is 0 Å². The highest BCUT2D eigenvalue weighted by molar-refractivity contribution is 7.72. The molecule has 1 aromatic carbocycles. The maximum atomic E-state index is 11.0. The lowest BCUT2D eigenvalue weighted by Gasteiger charge is -2.06. The molecule has 0 aliphatic carbocycles. The fourth-order valence-corrected chi connectivity index (χ4v) is 2.23. The van der Waals surface area contributed by atoms with E-state index in [0.717, 1.165) is 24.8 Å². The number of aryl methyl sites for hydroxylation is 1. The van der Waals surface area contributed by atoms with Gasteiger partial charge in [-0.2, -0.15) is 0 Å². The van der Waals surface area contributed by atoms with Crippen LogP contribution in [0.3, 0.4) is 0 Å². The monoisotopic (exact) mass is 226 g/mol. The summed E-state index contributed by atoms with van der Waals surface area (Å²) in [7, 11) is -2.45. The first-order valence-electron chi connectivity index (χ1n) is 5.33. The first-order valence-corrected chi connectivity index (χ1v) is 6.51. The molecule has 0 fully saturated rings. The maximum absolute atomic E-state index is 11.0. The lowest BCUT2D eigenvalue weighted by atomic mass is 10.0. The van der Waals surface area contributed by atoms with E-state index in [9.17, 15) is 8.42 Å². The van der Waals surface area contributed by atoms with E-state index in [1.165, 1.54) is 0 Å². The minimum atomic E-state index is -2.45. The predicted molar refractivity (Wildman–Crippen MR) is 62.8 cm³/mol. The Kier molecular flexibility index (Phi) is 4.82. The first kappa shape index (κ1) is 12.2. The van der Waals surface area contributed by atoms with Gasteiger partial charge in [0, 0.05) is 0 Å². The van der Waals surface area contributed by atoms with E-state index in [1.54, 1.807) is 12.1 Å². The fraction of sp³-hybridized carbons (Fsp3) is 0.500. The standard InChI is InChI=1S/C12H18O2S/c1-10(2)6-5-8-11-7-3-4-9-12(11)15(13)14/h3-4,7,9-10,15H,5-6,8H2,1-2H3. The third-order valence-corrected chi connectivity index (χ3v) is 3.25. The Hall–Kier alpha value is -0.830. The van der Waals surface area contributed by atoms with Crippen LogP contribution in [-0.4, -0.2) is 8.42 Å². The van der Waals surface area contributed by atoms with Gasteiger partial charge in [-0.05, 0) is 30.4 Å². The van der Waals surface area contributed by atoms with Gasteiger partial charge < -0.3 is 0 Å². The summed E-state index contributed by atoms with van der Waals surface area (Å²) < 4.78 is 21.9. The summed E-state index contributed by atoms with van der Waals surface area (Å²) in [5.41, 5.74) is 0.953. The van der Waals surface area contributed by atoms with Gasteiger partial charge >= 0.3 is 0 Å². The van der Waals surface area contributed by atoms with Gasteiger partial charge in [0.15, 0.2) is 10.7 Å². The van der Waals surface area contributed by atoms with Crippen LogP contribution < -0.4 is 0 Å². The average Bonchev–Trinajstić information content (AvgIpc) is 2.17. The van der Waals surface area contributed by atoms with Crippen molar-refractivity contribution in [1.82, 2.24) is 0 Å². The van der Waals surface area contributed by atoms with Crippen LogP contribution in [-0.2, 0) is 17.1 Å². The SMILES string of the molecule is CC(C)CCCc1ccccc1[SH](=O)=O. The van der Waals surface area contributed by atoms with Crippen LogP contribution >= 0.6 is 0 Å². The Morgan fingerprint density at radius 2 is 1.87 bits per heavy atom. The Bertz CT molecular complexity index is 373. The molecule has 1 rings (SSSR count). The smallest absolute Gasteiger partial charge is 0.168 e. The van der Waals surface area contributed by atoms with Crippen LogP contribution in [0, 0.1) is 5.92 Å². The molecule has 3 heteroatoms. The molecule has 1 aromatic rings. The van der Waals surface area contributed by atoms with Crippen LogP contribution in [0.4, 0.5) is 0 Å². The van der Waals surface area contributed by atoms with Crippen molar-refractivity contribution in [3.05, 3.63) is 29.8 Å². The van der Waals surface area contributed by atoms with Crippen molar-refractivity contribution in [2.45, 2.75) is 38.0 Å². The molecule has 0 N–H and O–H groups in total. The first-order chi connectivity index (χ1) is 7.11. The highest BCUT2D eigenvalue weighted by Crippen LogP contribution is 2.15. The molecule has 0 aliphatic heterocycles. The molecule has 84 valence electrons. The zero-order valence-electron chi connectivity index (χ0n) is 9.27. The molecule has 2 nitrogen and oxygen atoms in total. The lowest BCUT2D eigenvalue weighted by Crippen LogP contribution is -1.94. The molecule has 0 heterocycles. The Morgan fingerprint density at radius 3 is 2.47 bits per heavy atom. The van der Waals surface area contributed by atoms with Gasteiger partial charge in [-0.15, -0.1) is 0 Å². The number of hydrogen-bond donors (Lipinski definition) is 1. The normalized spacial score (nSPS) is 11.2. The number of hydrogen-bond acceptors (Lipinski definition) is 2. The Morgan fingerprint density at radius 1 is 1.20 bits per heavy atom. The van der Waals surface area contributed by atoms with Gasteiger partial charge in [0.05, 0.1) is 4.90 Å². The quantitative estimate of drug-likeness (QED) is 0.783. The summed E-state index contributed by atoms with van der Waals surface area (Å²) in [5.74, 6) is 0.679. The molecule has 0 amide bonds. The molecule has 0 aromatic heterocycles. The van der Waals surface area contributed by atoms with Crippen LogP contribution in [0.15, 0.2) is 29.2 Å². The second kappa shape index (κ2) is 5.91. The van der Waals surface area contributed by atoms with Gasteiger partial charge in [-0.3, -0.25) is 0 Å². The molecular formula is C12H18O2S. The van der Waals surface area contributed by atoms with Crippen LogP contribution in [0.2, 0.25) is 0 Å². The summed E-state index contributed by atoms with van der Waals surface area (Å²) in [5, 5.41) is 0. The third-order valence-electron chi connectivity index (χ3n) is 2.42. The van der Waals surface area contributed by atoms with E-state index in [1.807, 2.05) is 12.1 Å². The predicted octanol–water partition coefficient (Wildman–Crippen LogP) is 2.64. The van der Waals surface area contributed by atoms with Crippen LogP contribution in [0.5, 0.6) is 0 Å². The second-order valence-electron chi connectivity index (χ2n) is 4.17. The van der Waals surface area contributed by atoms with Gasteiger partial charge in [-0.25, -0.2) is 8.42 Å². The molecule has 0 radical (unpaired) electrons. The summed E-state index contributed by atoms with van der Waals surface area (Å²) in [4.78, 5) is 0.483. The molecule has 0 saturated heterocycles. The summed E-state index contributed by atoms with van der Waals surface area (Å²) in [6.45, 7) is 4.36. The van der Waals surface area contributed by atoms with E-state index in [0.29, 0.717) is 10.8 Å². The second-order valence-corrected chi connectivity index (χ2v) is 5.17. The van der Waals surface area contributed by atoms with Crippen molar-refractivity contribution in [3.8, 4) is 0 Å². The fourth-order valence-electron chi connectivity index (χ4n) is 1.60. The molecule has 15 heavy (non-hydrogen) atoms. The highest BCUT2D eigenvalue weighted by atomic mass is 32.2. The van der Waals surface area contributed by atoms with Crippen molar-refractivity contribution in [2.24, 2.45) is 5.92 Å². The highest BCUT2D eigenvalue weighted by Gasteiger charge is 2.03. The summed E-state index contributed by atoms with van der Waals surface area (Å²) in [6, 6.07) is 7.25. The van der Waals surface area contributed by atoms with Gasteiger partial charge in [0.2, 0.25) is 0 Å². The van der Waals surface area contributed by atoms with E-state index < -0.39 is 10.7 Å². The summed E-state index contributed by atoms with van der Waals surface area (Å²) in [6.07, 6.45) is 3.06. The Labute approximate surface area is 93.3 Å². The molecular weight excluding hydrogens is 208 g/mol. The van der Waals surface area contributed by atoms with Crippen LogP contribution in [0.25, 0.3) is 0 Å². The molecule has 0 unspecified atom stereocenters. The minimum Gasteiger partial charge on any atom is -0.227 e. The average molecular weight is 226 g/mol.